The number of amides is 1. The fourth-order valence-corrected chi connectivity index (χ4v) is 3.02. The summed E-state index contributed by atoms with van der Waals surface area (Å²) in [7, 11) is 2.84. The Kier molecular flexibility index (Phi) is 9.55. The number of carbonyl (C=O) groups is 3. The maximum Gasteiger partial charge on any atom is 0.410 e. The standard InChI is InChI=1S/C12H21NO4.C7H13NO2/c1-12(2,3)17-11(15)13-7-5-9(6-8-13)10(14)16-4;1-10-7(9)6-2-4-8-5-3-6/h9H,5-8H2,1-4H3;6,8H,2-5H2,1H3. The molecule has 1 N–H and O–H groups in total. The summed E-state index contributed by atoms with van der Waals surface area (Å²) in [5.74, 6) is -0.180. The number of hydrogen-bond donors (Lipinski definition) is 1. The highest BCUT2D eigenvalue weighted by Gasteiger charge is 2.30. The van der Waals surface area contributed by atoms with Crippen LogP contribution < -0.4 is 5.32 Å². The molecule has 0 aromatic heterocycles. The van der Waals surface area contributed by atoms with Crippen molar-refractivity contribution in [3.63, 3.8) is 0 Å². The minimum absolute atomic E-state index is 0.0542. The van der Waals surface area contributed by atoms with Crippen molar-refractivity contribution < 1.29 is 28.6 Å². The van der Waals surface area contributed by atoms with Gasteiger partial charge in [0, 0.05) is 13.1 Å². The molecule has 0 bridgehead atoms. The predicted octanol–water partition coefficient (Wildman–Crippen LogP) is 1.97. The number of hydrogen-bond acceptors (Lipinski definition) is 7. The molecule has 2 rings (SSSR count). The van der Waals surface area contributed by atoms with Crippen molar-refractivity contribution in [3.8, 4) is 0 Å². The lowest BCUT2D eigenvalue weighted by Gasteiger charge is -2.32. The molecule has 156 valence electrons. The lowest BCUT2D eigenvalue weighted by atomic mass is 9.97. The maximum absolute atomic E-state index is 11.7. The number of nitrogens with zero attached hydrogens (tertiary/aromatic N) is 1. The molecule has 1 amide bonds. The Morgan fingerprint density at radius 3 is 1.70 bits per heavy atom. The van der Waals surface area contributed by atoms with Gasteiger partial charge in [-0.1, -0.05) is 0 Å². The maximum atomic E-state index is 11.7. The SMILES string of the molecule is COC(=O)C1CCN(C(=O)OC(C)(C)C)CC1.COC(=O)C1CCNCC1. The average molecular weight is 386 g/mol. The van der Waals surface area contributed by atoms with Gasteiger partial charge >= 0.3 is 18.0 Å². The summed E-state index contributed by atoms with van der Waals surface area (Å²) in [6.07, 6.45) is 2.83. The van der Waals surface area contributed by atoms with Crippen LogP contribution in [0.4, 0.5) is 4.79 Å². The van der Waals surface area contributed by atoms with Crippen molar-refractivity contribution in [1.82, 2.24) is 10.2 Å². The number of carbonyl (C=O) groups excluding carboxylic acids is 3. The van der Waals surface area contributed by atoms with E-state index < -0.39 is 5.60 Å². The third-order valence-electron chi connectivity index (χ3n) is 4.55. The number of likely N-dealkylation sites (tertiary alicyclic amines) is 1. The van der Waals surface area contributed by atoms with E-state index in [2.05, 4.69) is 10.1 Å². The highest BCUT2D eigenvalue weighted by atomic mass is 16.6. The Morgan fingerprint density at radius 1 is 0.852 bits per heavy atom. The quantitative estimate of drug-likeness (QED) is 0.573. The van der Waals surface area contributed by atoms with Crippen LogP contribution in [-0.4, -0.2) is 68.9 Å². The molecule has 0 atom stereocenters. The number of piperidine rings is 2. The molecule has 2 aliphatic rings. The van der Waals surface area contributed by atoms with E-state index in [0.29, 0.717) is 25.9 Å². The van der Waals surface area contributed by atoms with Gasteiger partial charge in [-0.25, -0.2) is 4.79 Å². The van der Waals surface area contributed by atoms with Gasteiger partial charge < -0.3 is 24.4 Å². The molecule has 0 unspecified atom stereocenters. The minimum Gasteiger partial charge on any atom is -0.469 e. The third-order valence-corrected chi connectivity index (χ3v) is 4.55. The monoisotopic (exact) mass is 386 g/mol. The van der Waals surface area contributed by atoms with Crippen LogP contribution in [0.15, 0.2) is 0 Å². The van der Waals surface area contributed by atoms with E-state index in [0.717, 1.165) is 25.9 Å². The van der Waals surface area contributed by atoms with Crippen LogP contribution in [0.1, 0.15) is 46.5 Å². The molecule has 2 fully saturated rings. The molecule has 27 heavy (non-hydrogen) atoms. The van der Waals surface area contributed by atoms with Gasteiger partial charge in [-0.05, 0) is 59.5 Å². The molecule has 0 aromatic carbocycles. The van der Waals surface area contributed by atoms with E-state index in [1.54, 1.807) is 4.90 Å². The van der Waals surface area contributed by atoms with Crippen LogP contribution in [0.5, 0.6) is 0 Å². The zero-order chi connectivity index (χ0) is 20.4. The molecule has 0 spiro atoms. The Hall–Kier alpha value is -1.83. The highest BCUT2D eigenvalue weighted by Crippen LogP contribution is 2.20. The van der Waals surface area contributed by atoms with Gasteiger partial charge in [-0.3, -0.25) is 9.59 Å². The molecular weight excluding hydrogens is 352 g/mol. The lowest BCUT2D eigenvalue weighted by Crippen LogP contribution is -2.43. The normalized spacial score (nSPS) is 18.8. The second-order valence-electron chi connectivity index (χ2n) is 7.81. The Labute approximate surface area is 161 Å². The average Bonchev–Trinajstić information content (AvgIpc) is 2.66. The van der Waals surface area contributed by atoms with Gasteiger partial charge in [0.25, 0.3) is 0 Å². The van der Waals surface area contributed by atoms with Gasteiger partial charge in [-0.2, -0.15) is 0 Å². The molecule has 2 saturated heterocycles. The first-order valence-electron chi connectivity index (χ1n) is 9.52. The highest BCUT2D eigenvalue weighted by molar-refractivity contribution is 5.73. The van der Waals surface area contributed by atoms with Crippen molar-refractivity contribution in [2.24, 2.45) is 11.8 Å². The molecule has 0 radical (unpaired) electrons. The van der Waals surface area contributed by atoms with Crippen molar-refractivity contribution in [1.29, 1.82) is 0 Å². The summed E-state index contributed by atoms with van der Waals surface area (Å²) in [5, 5.41) is 3.19. The zero-order valence-electron chi connectivity index (χ0n) is 17.2. The number of esters is 2. The number of methoxy groups -OCH3 is 2. The van der Waals surface area contributed by atoms with E-state index >= 15 is 0 Å². The molecular formula is C19H34N2O6. The summed E-state index contributed by atoms with van der Waals surface area (Å²) < 4.78 is 14.6. The first-order valence-corrected chi connectivity index (χ1v) is 9.52. The van der Waals surface area contributed by atoms with Crippen LogP contribution >= 0.6 is 0 Å². The molecule has 8 nitrogen and oxygen atoms in total. The first kappa shape index (κ1) is 23.2. The van der Waals surface area contributed by atoms with E-state index in [1.165, 1.54) is 14.2 Å². The van der Waals surface area contributed by atoms with Crippen LogP contribution in [-0.2, 0) is 23.8 Å². The summed E-state index contributed by atoms with van der Waals surface area (Å²) in [6.45, 7) is 8.51. The fraction of sp³-hybridized carbons (Fsp3) is 0.842. The smallest absolute Gasteiger partial charge is 0.410 e. The summed E-state index contributed by atoms with van der Waals surface area (Å²) >= 11 is 0. The van der Waals surface area contributed by atoms with Gasteiger partial charge in [-0.15, -0.1) is 0 Å². The largest absolute Gasteiger partial charge is 0.469 e. The van der Waals surface area contributed by atoms with Crippen LogP contribution in [0.25, 0.3) is 0 Å². The lowest BCUT2D eigenvalue weighted by molar-refractivity contribution is -0.147. The van der Waals surface area contributed by atoms with Crippen molar-refractivity contribution in [3.05, 3.63) is 0 Å². The second kappa shape index (κ2) is 11.1. The first-order chi connectivity index (χ1) is 12.7. The Balaban J connectivity index is 0.000000309. The van der Waals surface area contributed by atoms with Crippen LogP contribution in [0.3, 0.4) is 0 Å². The molecule has 0 aliphatic carbocycles. The zero-order valence-corrected chi connectivity index (χ0v) is 17.2. The van der Waals surface area contributed by atoms with E-state index in [9.17, 15) is 14.4 Å². The third kappa shape index (κ3) is 8.60. The van der Waals surface area contributed by atoms with E-state index in [4.69, 9.17) is 9.47 Å². The Morgan fingerprint density at radius 2 is 1.30 bits per heavy atom. The molecule has 0 aromatic rings. The fourth-order valence-electron chi connectivity index (χ4n) is 3.02. The summed E-state index contributed by atoms with van der Waals surface area (Å²) in [5.41, 5.74) is -0.476. The molecule has 0 saturated carbocycles. The number of ether oxygens (including phenoxy) is 3. The topological polar surface area (TPSA) is 94.2 Å². The minimum atomic E-state index is -0.476. The second-order valence-corrected chi connectivity index (χ2v) is 7.81. The number of nitrogens with one attached hydrogen (secondary N) is 1. The van der Waals surface area contributed by atoms with E-state index in [1.807, 2.05) is 20.8 Å². The van der Waals surface area contributed by atoms with Gasteiger partial charge in [0.05, 0.1) is 26.1 Å². The van der Waals surface area contributed by atoms with Crippen LogP contribution in [0, 0.1) is 11.8 Å². The van der Waals surface area contributed by atoms with Crippen molar-refractivity contribution >= 4 is 18.0 Å². The molecule has 2 aliphatic heterocycles. The molecule has 8 heteroatoms. The van der Waals surface area contributed by atoms with Gasteiger partial charge in [0.1, 0.15) is 5.60 Å². The molecule has 2 heterocycles. The van der Waals surface area contributed by atoms with Crippen molar-refractivity contribution in [2.45, 2.75) is 52.1 Å². The predicted molar refractivity (Wildman–Crippen MR) is 100 cm³/mol. The van der Waals surface area contributed by atoms with Gasteiger partial charge in [0.2, 0.25) is 0 Å². The van der Waals surface area contributed by atoms with E-state index in [-0.39, 0.29) is 29.9 Å². The van der Waals surface area contributed by atoms with Crippen molar-refractivity contribution in [2.75, 3.05) is 40.4 Å². The van der Waals surface area contributed by atoms with Crippen LogP contribution in [0.2, 0.25) is 0 Å². The summed E-state index contributed by atoms with van der Waals surface area (Å²) in [6, 6.07) is 0. The summed E-state index contributed by atoms with van der Waals surface area (Å²) in [4.78, 5) is 35.6. The van der Waals surface area contributed by atoms with Gasteiger partial charge in [0.15, 0.2) is 0 Å². The number of rotatable bonds is 2. The Bertz CT molecular complexity index is 489.